The average molecular weight is 320 g/mol. The predicted octanol–water partition coefficient (Wildman–Crippen LogP) is 5.20. The molecule has 0 heterocycles. The zero-order valence-electron chi connectivity index (χ0n) is 12.1. The highest BCUT2D eigenvalue weighted by molar-refractivity contribution is 6.30. The topological polar surface area (TPSA) is 12.0 Å². The van der Waals surface area contributed by atoms with E-state index in [2.05, 4.69) is 36.5 Å². The first-order valence-corrected chi connectivity index (χ1v) is 8.20. The van der Waals surface area contributed by atoms with Crippen LogP contribution in [0.1, 0.15) is 36.1 Å². The van der Waals surface area contributed by atoms with Gasteiger partial charge in [0.1, 0.15) is 0 Å². The lowest BCUT2D eigenvalue weighted by Gasteiger charge is -2.22. The fourth-order valence-electron chi connectivity index (χ4n) is 3.13. The Hall–Kier alpha value is -1.02. The molecule has 0 bridgehead atoms. The van der Waals surface area contributed by atoms with E-state index in [1.165, 1.54) is 16.7 Å². The van der Waals surface area contributed by atoms with Gasteiger partial charge in [0.05, 0.1) is 0 Å². The van der Waals surface area contributed by atoms with Gasteiger partial charge in [-0.1, -0.05) is 48.3 Å². The molecule has 2 atom stereocenters. The summed E-state index contributed by atoms with van der Waals surface area (Å²) in [4.78, 5) is 0. The van der Waals surface area contributed by atoms with Crippen LogP contribution in [0.2, 0.25) is 10.0 Å². The van der Waals surface area contributed by atoms with Crippen molar-refractivity contribution >= 4 is 23.2 Å². The zero-order valence-corrected chi connectivity index (χ0v) is 13.6. The first kappa shape index (κ1) is 14.9. The van der Waals surface area contributed by atoms with Gasteiger partial charge >= 0.3 is 0 Å². The van der Waals surface area contributed by atoms with E-state index >= 15 is 0 Å². The summed E-state index contributed by atoms with van der Waals surface area (Å²) in [5, 5.41) is 5.40. The lowest BCUT2D eigenvalue weighted by atomic mass is 10.0. The molecule has 21 heavy (non-hydrogen) atoms. The summed E-state index contributed by atoms with van der Waals surface area (Å²) in [5.41, 5.74) is 4.10. The minimum Gasteiger partial charge on any atom is -0.307 e. The standard InChI is InChI=1S/C18H19Cl2N/c1-2-18(12-3-6-15(19)7-4-12)21-17-10-13-5-8-16(20)9-14(13)11-17/h3-9,17-18,21H,2,10-11H2,1H3. The molecule has 3 rings (SSSR count). The van der Waals surface area contributed by atoms with Gasteiger partial charge in [-0.15, -0.1) is 0 Å². The van der Waals surface area contributed by atoms with E-state index in [0.717, 1.165) is 29.3 Å². The van der Waals surface area contributed by atoms with Gasteiger partial charge in [0.2, 0.25) is 0 Å². The van der Waals surface area contributed by atoms with Gasteiger partial charge in [-0.3, -0.25) is 0 Å². The maximum Gasteiger partial charge on any atom is 0.0408 e. The van der Waals surface area contributed by atoms with Crippen LogP contribution in [0.4, 0.5) is 0 Å². The Morgan fingerprint density at radius 2 is 1.67 bits per heavy atom. The van der Waals surface area contributed by atoms with Gasteiger partial charge in [-0.2, -0.15) is 0 Å². The Kier molecular flexibility index (Phi) is 4.54. The van der Waals surface area contributed by atoms with E-state index < -0.39 is 0 Å². The molecule has 110 valence electrons. The quantitative estimate of drug-likeness (QED) is 0.816. The van der Waals surface area contributed by atoms with Crippen molar-refractivity contribution in [1.29, 1.82) is 0 Å². The van der Waals surface area contributed by atoms with Gasteiger partial charge in [-0.25, -0.2) is 0 Å². The van der Waals surface area contributed by atoms with Crippen LogP contribution >= 0.6 is 23.2 Å². The molecule has 0 saturated heterocycles. The summed E-state index contributed by atoms with van der Waals surface area (Å²) >= 11 is 12.1. The van der Waals surface area contributed by atoms with Crippen molar-refractivity contribution in [1.82, 2.24) is 5.32 Å². The lowest BCUT2D eigenvalue weighted by molar-refractivity contribution is 0.435. The average Bonchev–Trinajstić information content (AvgIpc) is 2.87. The number of hydrogen-bond acceptors (Lipinski definition) is 1. The summed E-state index contributed by atoms with van der Waals surface area (Å²) in [6.07, 6.45) is 3.20. The van der Waals surface area contributed by atoms with Gasteiger partial charge in [0.25, 0.3) is 0 Å². The van der Waals surface area contributed by atoms with Crippen LogP contribution in [0.3, 0.4) is 0 Å². The van der Waals surface area contributed by atoms with E-state index in [1.807, 2.05) is 18.2 Å². The summed E-state index contributed by atoms with van der Waals surface area (Å²) in [7, 11) is 0. The molecular formula is C18H19Cl2N. The third kappa shape index (κ3) is 3.42. The lowest BCUT2D eigenvalue weighted by Crippen LogP contribution is -2.33. The molecule has 0 aromatic heterocycles. The SMILES string of the molecule is CCC(NC1Cc2ccc(Cl)cc2C1)c1ccc(Cl)cc1. The Labute approximate surface area is 136 Å². The third-order valence-electron chi connectivity index (χ3n) is 4.22. The van der Waals surface area contributed by atoms with E-state index in [1.54, 1.807) is 0 Å². The van der Waals surface area contributed by atoms with Gasteiger partial charge in [0, 0.05) is 22.1 Å². The fraction of sp³-hybridized carbons (Fsp3) is 0.333. The van der Waals surface area contributed by atoms with Crippen LogP contribution in [0, 0.1) is 0 Å². The smallest absolute Gasteiger partial charge is 0.0408 e. The minimum absolute atomic E-state index is 0.372. The Bertz CT molecular complexity index is 622. The van der Waals surface area contributed by atoms with Crippen LogP contribution in [0.15, 0.2) is 42.5 Å². The van der Waals surface area contributed by atoms with Crippen molar-refractivity contribution in [3.63, 3.8) is 0 Å². The number of rotatable bonds is 4. The second-order valence-corrected chi connectivity index (χ2v) is 6.57. The molecule has 2 aromatic rings. The Morgan fingerprint density at radius 3 is 2.38 bits per heavy atom. The van der Waals surface area contributed by atoms with E-state index in [9.17, 15) is 0 Å². The van der Waals surface area contributed by atoms with E-state index in [0.29, 0.717) is 12.1 Å². The van der Waals surface area contributed by atoms with E-state index in [-0.39, 0.29) is 0 Å². The summed E-state index contributed by atoms with van der Waals surface area (Å²) in [6, 6.07) is 15.2. The molecule has 1 N–H and O–H groups in total. The normalized spacial score (nSPS) is 18.5. The highest BCUT2D eigenvalue weighted by atomic mass is 35.5. The van der Waals surface area contributed by atoms with Crippen molar-refractivity contribution in [2.45, 2.75) is 38.3 Å². The molecule has 0 spiro atoms. The van der Waals surface area contributed by atoms with Gasteiger partial charge < -0.3 is 5.32 Å². The molecule has 0 fully saturated rings. The number of benzene rings is 2. The molecule has 0 aliphatic heterocycles. The van der Waals surface area contributed by atoms with Crippen molar-refractivity contribution in [3.05, 3.63) is 69.2 Å². The molecule has 1 aliphatic carbocycles. The summed E-state index contributed by atoms with van der Waals surface area (Å²) in [6.45, 7) is 2.21. The fourth-order valence-corrected chi connectivity index (χ4v) is 3.45. The zero-order chi connectivity index (χ0) is 14.8. The van der Waals surface area contributed by atoms with E-state index in [4.69, 9.17) is 23.2 Å². The van der Waals surface area contributed by atoms with Crippen LogP contribution in [-0.2, 0) is 12.8 Å². The first-order chi connectivity index (χ1) is 10.2. The molecule has 1 aliphatic rings. The van der Waals surface area contributed by atoms with Gasteiger partial charge in [-0.05, 0) is 60.2 Å². The number of hydrogen-bond donors (Lipinski definition) is 1. The van der Waals surface area contributed by atoms with Crippen LogP contribution in [0.5, 0.6) is 0 Å². The van der Waals surface area contributed by atoms with Crippen LogP contribution in [-0.4, -0.2) is 6.04 Å². The highest BCUT2D eigenvalue weighted by Gasteiger charge is 2.23. The molecule has 0 amide bonds. The molecule has 3 heteroatoms. The van der Waals surface area contributed by atoms with Crippen molar-refractivity contribution in [2.24, 2.45) is 0 Å². The van der Waals surface area contributed by atoms with Gasteiger partial charge in [0.15, 0.2) is 0 Å². The highest BCUT2D eigenvalue weighted by Crippen LogP contribution is 2.28. The number of halogens is 2. The summed E-state index contributed by atoms with van der Waals surface area (Å²) < 4.78 is 0. The Balaban J connectivity index is 1.70. The number of nitrogens with one attached hydrogen (secondary N) is 1. The molecule has 0 radical (unpaired) electrons. The maximum atomic E-state index is 6.08. The van der Waals surface area contributed by atoms with Crippen LogP contribution < -0.4 is 5.32 Å². The molecular weight excluding hydrogens is 301 g/mol. The molecule has 2 aromatic carbocycles. The second-order valence-electron chi connectivity index (χ2n) is 5.70. The number of fused-ring (bicyclic) bond motifs is 1. The maximum absolute atomic E-state index is 6.08. The molecule has 0 saturated carbocycles. The van der Waals surface area contributed by atoms with Crippen molar-refractivity contribution in [3.8, 4) is 0 Å². The Morgan fingerprint density at radius 1 is 1.00 bits per heavy atom. The third-order valence-corrected chi connectivity index (χ3v) is 4.71. The largest absolute Gasteiger partial charge is 0.307 e. The molecule has 1 nitrogen and oxygen atoms in total. The summed E-state index contributed by atoms with van der Waals surface area (Å²) in [5.74, 6) is 0. The second kappa shape index (κ2) is 6.39. The monoisotopic (exact) mass is 319 g/mol. The molecule has 2 unspecified atom stereocenters. The minimum atomic E-state index is 0.372. The van der Waals surface area contributed by atoms with Crippen molar-refractivity contribution < 1.29 is 0 Å². The first-order valence-electron chi connectivity index (χ1n) is 7.44. The van der Waals surface area contributed by atoms with Crippen molar-refractivity contribution in [2.75, 3.05) is 0 Å². The predicted molar refractivity (Wildman–Crippen MR) is 90.3 cm³/mol. The van der Waals surface area contributed by atoms with Crippen LogP contribution in [0.25, 0.3) is 0 Å².